The van der Waals surface area contributed by atoms with Crippen molar-refractivity contribution < 1.29 is 0 Å². The van der Waals surface area contributed by atoms with Crippen LogP contribution < -0.4 is 5.32 Å². The smallest absolute Gasteiger partial charge is 0.0571 e. The van der Waals surface area contributed by atoms with Crippen molar-refractivity contribution in [2.75, 3.05) is 6.54 Å². The van der Waals surface area contributed by atoms with Crippen LogP contribution in [0.4, 0.5) is 0 Å². The van der Waals surface area contributed by atoms with Crippen molar-refractivity contribution >= 4 is 11.8 Å². The summed E-state index contributed by atoms with van der Waals surface area (Å²) >= 11 is 1.91. The number of thioether (sulfide) groups is 1. The Morgan fingerprint density at radius 1 is 1.22 bits per heavy atom. The molecule has 1 N–H and O–H groups in total. The van der Waals surface area contributed by atoms with Crippen molar-refractivity contribution in [1.82, 2.24) is 10.3 Å². The molecule has 2 nitrogen and oxygen atoms in total. The van der Waals surface area contributed by atoms with Gasteiger partial charge in [-0.1, -0.05) is 27.7 Å². The molecule has 0 aromatic carbocycles. The Hall–Kier alpha value is -0.540. The molecule has 1 aromatic heterocycles. The third kappa shape index (κ3) is 4.99. The fourth-order valence-electron chi connectivity index (χ4n) is 1.53. The zero-order valence-electron chi connectivity index (χ0n) is 12.2. The molecule has 0 amide bonds. The van der Waals surface area contributed by atoms with E-state index in [1.165, 1.54) is 4.90 Å². The van der Waals surface area contributed by atoms with Crippen LogP contribution in [0.2, 0.25) is 0 Å². The van der Waals surface area contributed by atoms with Crippen LogP contribution in [-0.4, -0.2) is 16.8 Å². The number of nitrogens with one attached hydrogen (secondary N) is 1. The molecule has 0 aliphatic rings. The summed E-state index contributed by atoms with van der Waals surface area (Å²) in [4.78, 5) is 5.83. The summed E-state index contributed by atoms with van der Waals surface area (Å²) in [6, 6.07) is 4.67. The van der Waals surface area contributed by atoms with E-state index in [4.69, 9.17) is 0 Å². The van der Waals surface area contributed by atoms with Gasteiger partial charge in [0, 0.05) is 22.4 Å². The Labute approximate surface area is 116 Å². The van der Waals surface area contributed by atoms with Crippen molar-refractivity contribution in [3.63, 3.8) is 0 Å². The van der Waals surface area contributed by atoms with Gasteiger partial charge in [0.05, 0.1) is 5.69 Å². The fraction of sp³-hybridized carbons (Fsp3) is 0.667. The zero-order chi connectivity index (χ0) is 13.5. The summed E-state index contributed by atoms with van der Waals surface area (Å²) in [5.41, 5.74) is 1.13. The molecule has 1 rings (SSSR count). The fourth-order valence-corrected chi connectivity index (χ4v) is 2.50. The van der Waals surface area contributed by atoms with Crippen LogP contribution in [0.5, 0.6) is 0 Å². The molecule has 0 radical (unpaired) electrons. The van der Waals surface area contributed by atoms with Gasteiger partial charge >= 0.3 is 0 Å². The molecule has 0 aliphatic carbocycles. The van der Waals surface area contributed by atoms with E-state index in [1.54, 1.807) is 0 Å². The largest absolute Gasteiger partial charge is 0.309 e. The van der Waals surface area contributed by atoms with Crippen LogP contribution in [0, 0.1) is 5.92 Å². The number of hydrogen-bond acceptors (Lipinski definition) is 3. The van der Waals surface area contributed by atoms with Crippen LogP contribution in [-0.2, 0) is 0 Å². The summed E-state index contributed by atoms with van der Waals surface area (Å²) in [5, 5.41) is 4.09. The van der Waals surface area contributed by atoms with Gasteiger partial charge in [-0.2, -0.15) is 0 Å². The minimum Gasteiger partial charge on any atom is -0.309 e. The van der Waals surface area contributed by atoms with E-state index >= 15 is 0 Å². The highest BCUT2D eigenvalue weighted by Gasteiger charge is 2.10. The lowest BCUT2D eigenvalue weighted by atomic mass is 10.2. The molecule has 0 aliphatic heterocycles. The average molecular weight is 266 g/mol. The monoisotopic (exact) mass is 266 g/mol. The molecule has 0 saturated heterocycles. The highest BCUT2D eigenvalue weighted by atomic mass is 32.2. The molecule has 2 atom stereocenters. The first-order valence-electron chi connectivity index (χ1n) is 6.90. The second-order valence-corrected chi connectivity index (χ2v) is 6.61. The average Bonchev–Trinajstić information content (AvgIpc) is 2.36. The van der Waals surface area contributed by atoms with Crippen LogP contribution in [0.1, 0.15) is 52.8 Å². The predicted octanol–water partition coefficient (Wildman–Crippen LogP) is 4.28. The molecule has 0 spiro atoms. The van der Waals surface area contributed by atoms with Crippen molar-refractivity contribution in [2.24, 2.45) is 5.92 Å². The topological polar surface area (TPSA) is 24.9 Å². The van der Waals surface area contributed by atoms with Gasteiger partial charge < -0.3 is 5.32 Å². The molecule has 18 heavy (non-hydrogen) atoms. The Balaban J connectivity index is 2.56. The first kappa shape index (κ1) is 15.5. The Kier molecular flexibility index (Phi) is 6.72. The van der Waals surface area contributed by atoms with Gasteiger partial charge in [0.25, 0.3) is 0 Å². The van der Waals surface area contributed by atoms with Gasteiger partial charge in [-0.05, 0) is 37.9 Å². The first-order valence-corrected chi connectivity index (χ1v) is 7.78. The summed E-state index contributed by atoms with van der Waals surface area (Å²) < 4.78 is 0. The molecule has 1 aromatic rings. The van der Waals surface area contributed by atoms with Gasteiger partial charge in [0.2, 0.25) is 0 Å². The van der Waals surface area contributed by atoms with Crippen LogP contribution in [0.25, 0.3) is 0 Å². The highest BCUT2D eigenvalue weighted by Crippen LogP contribution is 2.27. The third-order valence-electron chi connectivity index (χ3n) is 3.16. The number of hydrogen-bond donors (Lipinski definition) is 1. The summed E-state index contributed by atoms with van der Waals surface area (Å²) in [7, 11) is 0. The van der Waals surface area contributed by atoms with Gasteiger partial charge in [-0.25, -0.2) is 0 Å². The number of aromatic nitrogens is 1. The van der Waals surface area contributed by atoms with Gasteiger partial charge in [0.15, 0.2) is 0 Å². The SMILES string of the molecule is CCCNC(C)c1ccc(SC(C)C(C)C)cn1. The highest BCUT2D eigenvalue weighted by molar-refractivity contribution is 8.00. The van der Waals surface area contributed by atoms with Gasteiger partial charge in [-0.3, -0.25) is 4.98 Å². The molecule has 102 valence electrons. The van der Waals surface area contributed by atoms with Gasteiger partial charge in [0.1, 0.15) is 0 Å². The summed E-state index contributed by atoms with van der Waals surface area (Å²) in [5.74, 6) is 0.694. The Morgan fingerprint density at radius 2 is 1.94 bits per heavy atom. The standard InChI is InChI=1S/C15H26N2S/c1-6-9-16-12(4)15-8-7-14(10-17-15)18-13(5)11(2)3/h7-8,10-13,16H,6,9H2,1-5H3. The maximum Gasteiger partial charge on any atom is 0.0571 e. The minimum absolute atomic E-state index is 0.339. The second kappa shape index (κ2) is 7.80. The number of nitrogens with zero attached hydrogens (tertiary/aromatic N) is 1. The van der Waals surface area contributed by atoms with Crippen molar-refractivity contribution in [3.05, 3.63) is 24.0 Å². The lowest BCUT2D eigenvalue weighted by Gasteiger charge is -2.16. The molecular formula is C15H26N2S. The maximum absolute atomic E-state index is 4.56. The van der Waals surface area contributed by atoms with E-state index in [2.05, 4.69) is 57.1 Å². The van der Waals surface area contributed by atoms with E-state index in [-0.39, 0.29) is 0 Å². The molecule has 1 heterocycles. The van der Waals surface area contributed by atoms with E-state index in [0.717, 1.165) is 18.7 Å². The van der Waals surface area contributed by atoms with Crippen molar-refractivity contribution in [3.8, 4) is 0 Å². The molecule has 0 bridgehead atoms. The predicted molar refractivity (Wildman–Crippen MR) is 81.1 cm³/mol. The van der Waals surface area contributed by atoms with Crippen LogP contribution in [0.3, 0.4) is 0 Å². The number of pyridine rings is 1. The minimum atomic E-state index is 0.339. The Morgan fingerprint density at radius 3 is 2.44 bits per heavy atom. The van der Waals surface area contributed by atoms with E-state index in [0.29, 0.717) is 17.2 Å². The van der Waals surface area contributed by atoms with Crippen LogP contribution in [0.15, 0.2) is 23.2 Å². The molecule has 0 saturated carbocycles. The lowest BCUT2D eigenvalue weighted by molar-refractivity contribution is 0.558. The van der Waals surface area contributed by atoms with E-state index in [1.807, 2.05) is 18.0 Å². The molecule has 0 fully saturated rings. The Bertz CT molecular complexity index is 335. The number of rotatable bonds is 7. The summed E-state index contributed by atoms with van der Waals surface area (Å²) in [6.45, 7) is 12.2. The quantitative estimate of drug-likeness (QED) is 0.746. The molecule has 2 unspecified atom stereocenters. The van der Waals surface area contributed by atoms with E-state index in [9.17, 15) is 0 Å². The lowest BCUT2D eigenvalue weighted by Crippen LogP contribution is -2.20. The van der Waals surface area contributed by atoms with E-state index < -0.39 is 0 Å². The van der Waals surface area contributed by atoms with Crippen LogP contribution >= 0.6 is 11.8 Å². The van der Waals surface area contributed by atoms with Crippen molar-refractivity contribution in [1.29, 1.82) is 0 Å². The molecule has 3 heteroatoms. The van der Waals surface area contributed by atoms with Gasteiger partial charge in [-0.15, -0.1) is 11.8 Å². The maximum atomic E-state index is 4.56. The normalized spacial score (nSPS) is 14.8. The molecular weight excluding hydrogens is 240 g/mol. The zero-order valence-corrected chi connectivity index (χ0v) is 13.1. The first-order chi connectivity index (χ1) is 8.54. The third-order valence-corrected chi connectivity index (χ3v) is 4.59. The summed E-state index contributed by atoms with van der Waals surface area (Å²) in [6.07, 6.45) is 3.16. The van der Waals surface area contributed by atoms with Crippen molar-refractivity contribution in [2.45, 2.75) is 57.2 Å². The second-order valence-electron chi connectivity index (χ2n) is 5.16.